The van der Waals surface area contributed by atoms with E-state index in [0.29, 0.717) is 12.8 Å². The molecule has 4 aliphatic carbocycles. The Labute approximate surface area is 164 Å². The molecule has 0 aromatic heterocycles. The number of halogens is 1. The zero-order valence-electron chi connectivity index (χ0n) is 16.8. The molecule has 5 nitrogen and oxygen atoms in total. The van der Waals surface area contributed by atoms with Crippen LogP contribution in [0.1, 0.15) is 58.8 Å². The molecule has 0 aliphatic heterocycles. The van der Waals surface area contributed by atoms with Crippen molar-refractivity contribution in [2.75, 3.05) is 7.11 Å². The van der Waals surface area contributed by atoms with Crippen molar-refractivity contribution in [2.24, 2.45) is 28.6 Å². The molecule has 0 spiro atoms. The lowest BCUT2D eigenvalue weighted by atomic mass is 9.43. The Morgan fingerprint density at radius 1 is 1.25 bits per heavy atom. The molecule has 154 valence electrons. The van der Waals surface area contributed by atoms with Crippen molar-refractivity contribution in [2.45, 2.75) is 70.6 Å². The molecule has 4 rings (SSSR count). The van der Waals surface area contributed by atoms with Crippen molar-refractivity contribution < 1.29 is 28.6 Å². The fraction of sp³-hybridized carbons (Fsp3) is 0.773. The highest BCUT2D eigenvalue weighted by atomic mass is 19.1. The number of hydrogen-bond acceptors (Lipinski definition) is 5. The number of rotatable bonds is 1. The van der Waals surface area contributed by atoms with Gasteiger partial charge >= 0.3 is 5.97 Å². The molecule has 0 saturated heterocycles. The average Bonchev–Trinajstić information content (AvgIpc) is 2.93. The van der Waals surface area contributed by atoms with Crippen LogP contribution in [0.5, 0.6) is 0 Å². The fourth-order valence-corrected chi connectivity index (χ4v) is 7.13. The summed E-state index contributed by atoms with van der Waals surface area (Å²) >= 11 is 0. The highest BCUT2D eigenvalue weighted by molar-refractivity contribution is 5.88. The van der Waals surface area contributed by atoms with Crippen molar-refractivity contribution in [1.29, 1.82) is 0 Å². The van der Waals surface area contributed by atoms with Gasteiger partial charge in [0.1, 0.15) is 23.3 Å². The molecule has 4 aliphatic rings. The van der Waals surface area contributed by atoms with Gasteiger partial charge in [0.05, 0.1) is 7.11 Å². The number of Topliss-reactive ketones (excluding diaryl/α,β-unsaturated/α-hetero) is 2. The maximum absolute atomic E-state index is 15.4. The highest BCUT2D eigenvalue weighted by Crippen LogP contribution is 2.67. The summed E-state index contributed by atoms with van der Waals surface area (Å²) in [7, 11) is 1.33. The van der Waals surface area contributed by atoms with Gasteiger partial charge in [-0.3, -0.25) is 9.59 Å². The predicted molar refractivity (Wildman–Crippen MR) is 99.0 cm³/mol. The van der Waals surface area contributed by atoms with Crippen LogP contribution in [0.4, 0.5) is 4.39 Å². The summed E-state index contributed by atoms with van der Waals surface area (Å²) in [6.07, 6.45) is 2.31. The van der Waals surface area contributed by atoms with Crippen LogP contribution in [0.25, 0.3) is 0 Å². The van der Waals surface area contributed by atoms with E-state index < -0.39 is 34.5 Å². The van der Waals surface area contributed by atoms with Crippen molar-refractivity contribution in [3.8, 4) is 0 Å². The van der Waals surface area contributed by atoms with Crippen LogP contribution >= 0.6 is 0 Å². The van der Waals surface area contributed by atoms with Gasteiger partial charge in [0.2, 0.25) is 0 Å². The molecule has 4 saturated carbocycles. The Hall–Kier alpha value is -1.56. The van der Waals surface area contributed by atoms with Gasteiger partial charge in [0, 0.05) is 36.7 Å². The maximum atomic E-state index is 15.4. The summed E-state index contributed by atoms with van der Waals surface area (Å²) < 4.78 is 20.1. The monoisotopic (exact) mass is 392 g/mol. The minimum absolute atomic E-state index is 0.0311. The molecule has 0 amide bonds. The van der Waals surface area contributed by atoms with Crippen molar-refractivity contribution >= 4 is 17.5 Å². The van der Waals surface area contributed by atoms with Crippen LogP contribution in [-0.4, -0.2) is 41.5 Å². The number of ketones is 2. The SMILES string of the molecule is COC(=O)C=C1CCC2C3CC(F)C4(O)CC(=O)CCC4(C)C3C(=O)CC12C. The molecule has 0 heterocycles. The van der Waals surface area contributed by atoms with Crippen molar-refractivity contribution in [3.63, 3.8) is 0 Å². The first-order valence-electron chi connectivity index (χ1n) is 10.3. The summed E-state index contributed by atoms with van der Waals surface area (Å²) in [6, 6.07) is 0. The van der Waals surface area contributed by atoms with Crippen LogP contribution in [0.2, 0.25) is 0 Å². The molecule has 0 bridgehead atoms. The van der Waals surface area contributed by atoms with Gasteiger partial charge in [-0.25, -0.2) is 9.18 Å². The lowest BCUT2D eigenvalue weighted by molar-refractivity contribution is -0.225. The second-order valence-electron chi connectivity index (χ2n) is 9.80. The largest absolute Gasteiger partial charge is 0.466 e. The topological polar surface area (TPSA) is 80.7 Å². The van der Waals surface area contributed by atoms with Gasteiger partial charge in [0.25, 0.3) is 0 Å². The van der Waals surface area contributed by atoms with Crippen LogP contribution in [-0.2, 0) is 19.1 Å². The van der Waals surface area contributed by atoms with E-state index in [1.165, 1.54) is 13.2 Å². The van der Waals surface area contributed by atoms with Gasteiger partial charge in [-0.05, 0) is 42.9 Å². The summed E-state index contributed by atoms with van der Waals surface area (Å²) in [5, 5.41) is 11.2. The van der Waals surface area contributed by atoms with Gasteiger partial charge in [-0.15, -0.1) is 0 Å². The van der Waals surface area contributed by atoms with Crippen LogP contribution in [0, 0.1) is 28.6 Å². The van der Waals surface area contributed by atoms with E-state index in [9.17, 15) is 19.5 Å². The summed E-state index contributed by atoms with van der Waals surface area (Å²) in [4.78, 5) is 37.2. The standard InChI is InChI=1S/C22H29FO5/c1-20-11-16(25)19-14(15(20)5-4-12(20)8-18(26)28-3)9-17(23)22(27)10-13(24)6-7-21(19,22)2/h8,14-15,17,19,27H,4-7,9-11H2,1-3H3. The zero-order chi connectivity index (χ0) is 20.5. The fourth-order valence-electron chi connectivity index (χ4n) is 7.13. The zero-order valence-corrected chi connectivity index (χ0v) is 16.8. The number of carbonyl (C=O) groups excluding carboxylic acids is 3. The molecule has 6 heteroatoms. The number of carbonyl (C=O) groups is 3. The predicted octanol–water partition coefficient (Wildman–Crippen LogP) is 2.94. The first-order chi connectivity index (χ1) is 13.1. The quantitative estimate of drug-likeness (QED) is 0.548. The Bertz CT molecular complexity index is 775. The van der Waals surface area contributed by atoms with E-state index in [4.69, 9.17) is 4.74 Å². The second kappa shape index (κ2) is 6.22. The van der Waals surface area contributed by atoms with Crippen LogP contribution in [0.3, 0.4) is 0 Å². The van der Waals surface area contributed by atoms with E-state index in [1.54, 1.807) is 0 Å². The Morgan fingerprint density at radius 2 is 1.96 bits per heavy atom. The number of ether oxygens (including phenoxy) is 1. The molecule has 0 aromatic rings. The summed E-state index contributed by atoms with van der Waals surface area (Å²) in [5.74, 6) is -1.05. The second-order valence-corrected chi connectivity index (χ2v) is 9.80. The van der Waals surface area contributed by atoms with E-state index in [-0.39, 0.29) is 49.1 Å². The molecular formula is C22H29FO5. The molecule has 1 N–H and O–H groups in total. The number of hydrogen-bond donors (Lipinski definition) is 1. The number of methoxy groups -OCH3 is 1. The minimum Gasteiger partial charge on any atom is -0.466 e. The first kappa shape index (κ1) is 19.7. The minimum atomic E-state index is -1.75. The Kier molecular flexibility index (Phi) is 4.38. The van der Waals surface area contributed by atoms with Crippen LogP contribution in [0.15, 0.2) is 11.6 Å². The highest BCUT2D eigenvalue weighted by Gasteiger charge is 2.69. The van der Waals surface area contributed by atoms with E-state index in [2.05, 4.69) is 0 Å². The number of fused-ring (bicyclic) bond motifs is 5. The molecule has 0 aromatic carbocycles. The van der Waals surface area contributed by atoms with E-state index >= 15 is 4.39 Å². The summed E-state index contributed by atoms with van der Waals surface area (Å²) in [6.45, 7) is 3.82. The lowest BCUT2D eigenvalue weighted by Crippen LogP contribution is -2.69. The Balaban J connectivity index is 1.75. The van der Waals surface area contributed by atoms with Gasteiger partial charge < -0.3 is 9.84 Å². The number of allylic oxidation sites excluding steroid dienone is 1. The molecule has 7 atom stereocenters. The molecule has 28 heavy (non-hydrogen) atoms. The average molecular weight is 392 g/mol. The molecule has 4 fully saturated rings. The lowest BCUT2D eigenvalue weighted by Gasteiger charge is -2.62. The molecule has 0 radical (unpaired) electrons. The smallest absolute Gasteiger partial charge is 0.330 e. The number of aliphatic hydroxyl groups is 1. The third-order valence-electron chi connectivity index (χ3n) is 8.67. The normalized spacial score (nSPS) is 49.4. The Morgan fingerprint density at radius 3 is 2.64 bits per heavy atom. The maximum Gasteiger partial charge on any atom is 0.330 e. The van der Waals surface area contributed by atoms with Gasteiger partial charge in [0.15, 0.2) is 0 Å². The van der Waals surface area contributed by atoms with E-state index in [1.807, 2.05) is 13.8 Å². The third kappa shape index (κ3) is 2.42. The van der Waals surface area contributed by atoms with Crippen molar-refractivity contribution in [1.82, 2.24) is 0 Å². The number of alkyl halides is 1. The molecular weight excluding hydrogens is 363 g/mol. The van der Waals surface area contributed by atoms with E-state index in [0.717, 1.165) is 12.0 Å². The summed E-state index contributed by atoms with van der Waals surface area (Å²) in [5.41, 5.74) is -2.23. The van der Waals surface area contributed by atoms with Gasteiger partial charge in [-0.1, -0.05) is 19.4 Å². The van der Waals surface area contributed by atoms with Crippen molar-refractivity contribution in [3.05, 3.63) is 11.6 Å². The third-order valence-corrected chi connectivity index (χ3v) is 8.67. The first-order valence-corrected chi connectivity index (χ1v) is 10.3. The number of esters is 1. The van der Waals surface area contributed by atoms with Gasteiger partial charge in [-0.2, -0.15) is 0 Å². The molecule has 7 unspecified atom stereocenters. The van der Waals surface area contributed by atoms with Crippen LogP contribution < -0.4 is 0 Å².